The Morgan fingerprint density at radius 1 is 1.13 bits per heavy atom. The van der Waals surface area contributed by atoms with Crippen molar-refractivity contribution in [3.8, 4) is 12.1 Å². The standard InChI is InChI=1S/C17H11N3O3/c1-11-2-4-12(5-3-11)17(21)8-13-6-14(9-18)15(10-19)7-16(13)20(22)23/h2-7H,8H2,1H3. The molecule has 0 aliphatic carbocycles. The Kier molecular flexibility index (Phi) is 4.49. The van der Waals surface area contributed by atoms with Gasteiger partial charge in [0.2, 0.25) is 0 Å². The lowest BCUT2D eigenvalue weighted by atomic mass is 9.97. The fourth-order valence-corrected chi connectivity index (χ4v) is 2.14. The fourth-order valence-electron chi connectivity index (χ4n) is 2.14. The van der Waals surface area contributed by atoms with E-state index >= 15 is 0 Å². The molecule has 112 valence electrons. The highest BCUT2D eigenvalue weighted by Crippen LogP contribution is 2.25. The summed E-state index contributed by atoms with van der Waals surface area (Å²) in [4.78, 5) is 22.8. The number of nitrogens with zero attached hydrogens (tertiary/aromatic N) is 3. The molecule has 0 heterocycles. The zero-order chi connectivity index (χ0) is 17.0. The second-order valence-electron chi connectivity index (χ2n) is 4.97. The van der Waals surface area contributed by atoms with Gasteiger partial charge in [-0.3, -0.25) is 14.9 Å². The van der Waals surface area contributed by atoms with Gasteiger partial charge in [-0.05, 0) is 13.0 Å². The molecule has 6 heteroatoms. The van der Waals surface area contributed by atoms with Crippen molar-refractivity contribution in [2.75, 3.05) is 0 Å². The Balaban J connectivity index is 2.44. The molecule has 0 fully saturated rings. The van der Waals surface area contributed by atoms with Gasteiger partial charge in [0.15, 0.2) is 5.78 Å². The molecule has 2 aromatic carbocycles. The predicted octanol–water partition coefficient (Wildman–Crippen LogP) is 3.07. The molecule has 0 amide bonds. The summed E-state index contributed by atoms with van der Waals surface area (Å²) in [7, 11) is 0. The van der Waals surface area contributed by atoms with E-state index in [-0.39, 0.29) is 34.6 Å². The monoisotopic (exact) mass is 305 g/mol. The quantitative estimate of drug-likeness (QED) is 0.490. The Hall–Kier alpha value is -3.51. The maximum atomic E-state index is 12.3. The Bertz CT molecular complexity index is 872. The van der Waals surface area contributed by atoms with Crippen LogP contribution in [0.1, 0.15) is 32.6 Å². The molecule has 0 aliphatic rings. The van der Waals surface area contributed by atoms with E-state index in [1.807, 2.05) is 13.0 Å². The third kappa shape index (κ3) is 3.39. The van der Waals surface area contributed by atoms with Gasteiger partial charge in [-0.25, -0.2) is 0 Å². The topological polar surface area (TPSA) is 108 Å². The highest BCUT2D eigenvalue weighted by molar-refractivity contribution is 5.98. The van der Waals surface area contributed by atoms with E-state index in [2.05, 4.69) is 0 Å². The number of ketones is 1. The highest BCUT2D eigenvalue weighted by atomic mass is 16.6. The number of carbonyl (C=O) groups is 1. The number of nitriles is 2. The lowest BCUT2D eigenvalue weighted by Gasteiger charge is -2.05. The molecule has 0 spiro atoms. The first kappa shape index (κ1) is 15.9. The second kappa shape index (κ2) is 6.50. The van der Waals surface area contributed by atoms with Gasteiger partial charge in [-0.1, -0.05) is 29.8 Å². The maximum Gasteiger partial charge on any atom is 0.274 e. The molecular weight excluding hydrogens is 294 g/mol. The van der Waals surface area contributed by atoms with Gasteiger partial charge in [0.25, 0.3) is 5.69 Å². The van der Waals surface area contributed by atoms with Crippen LogP contribution in [0.15, 0.2) is 36.4 Å². The normalized spacial score (nSPS) is 9.70. The van der Waals surface area contributed by atoms with Crippen molar-refractivity contribution in [2.24, 2.45) is 0 Å². The number of Topliss-reactive ketones (excluding diaryl/α,β-unsaturated/α-hetero) is 1. The van der Waals surface area contributed by atoms with Crippen LogP contribution in [0.5, 0.6) is 0 Å². The van der Waals surface area contributed by atoms with Crippen molar-refractivity contribution in [3.05, 3.63) is 74.3 Å². The summed E-state index contributed by atoms with van der Waals surface area (Å²) in [5.41, 5.74) is 1.16. The SMILES string of the molecule is Cc1ccc(C(=O)Cc2cc(C#N)c(C#N)cc2[N+](=O)[O-])cc1. The predicted molar refractivity (Wildman–Crippen MR) is 81.7 cm³/mol. The highest BCUT2D eigenvalue weighted by Gasteiger charge is 2.21. The first-order chi connectivity index (χ1) is 11.0. The van der Waals surface area contributed by atoms with Gasteiger partial charge in [0.05, 0.1) is 16.1 Å². The molecule has 0 saturated carbocycles. The molecular formula is C17H11N3O3. The number of hydrogen-bond donors (Lipinski definition) is 0. The van der Waals surface area contributed by atoms with Crippen LogP contribution in [0, 0.1) is 39.7 Å². The van der Waals surface area contributed by atoms with Crippen molar-refractivity contribution in [1.82, 2.24) is 0 Å². The van der Waals surface area contributed by atoms with Crippen molar-refractivity contribution < 1.29 is 9.72 Å². The third-order valence-electron chi connectivity index (χ3n) is 3.38. The van der Waals surface area contributed by atoms with Gasteiger partial charge in [-0.2, -0.15) is 10.5 Å². The molecule has 2 rings (SSSR count). The number of nitro benzene ring substituents is 1. The zero-order valence-electron chi connectivity index (χ0n) is 12.2. The molecule has 0 N–H and O–H groups in total. The minimum atomic E-state index is -0.653. The average Bonchev–Trinajstić information content (AvgIpc) is 2.54. The van der Waals surface area contributed by atoms with Crippen LogP contribution >= 0.6 is 0 Å². The number of rotatable bonds is 4. The van der Waals surface area contributed by atoms with Gasteiger partial charge in [0, 0.05) is 23.6 Å². The van der Waals surface area contributed by atoms with Crippen LogP contribution < -0.4 is 0 Å². The van der Waals surface area contributed by atoms with Crippen molar-refractivity contribution in [3.63, 3.8) is 0 Å². The summed E-state index contributed by atoms with van der Waals surface area (Å²) in [5.74, 6) is -0.290. The minimum Gasteiger partial charge on any atom is -0.294 e. The van der Waals surface area contributed by atoms with Gasteiger partial charge < -0.3 is 0 Å². The summed E-state index contributed by atoms with van der Waals surface area (Å²) in [6.45, 7) is 1.89. The number of nitro groups is 1. The van der Waals surface area contributed by atoms with E-state index in [4.69, 9.17) is 10.5 Å². The summed E-state index contributed by atoms with van der Waals surface area (Å²) < 4.78 is 0. The number of carbonyl (C=O) groups excluding carboxylic acids is 1. The van der Waals surface area contributed by atoms with Crippen LogP contribution in [0.3, 0.4) is 0 Å². The third-order valence-corrected chi connectivity index (χ3v) is 3.38. The van der Waals surface area contributed by atoms with Crippen molar-refractivity contribution in [2.45, 2.75) is 13.3 Å². The molecule has 0 radical (unpaired) electrons. The van der Waals surface area contributed by atoms with Gasteiger partial charge >= 0.3 is 0 Å². The Morgan fingerprint density at radius 2 is 1.70 bits per heavy atom. The second-order valence-corrected chi connectivity index (χ2v) is 4.97. The summed E-state index contributed by atoms with van der Waals surface area (Å²) in [5, 5.41) is 29.1. The largest absolute Gasteiger partial charge is 0.294 e. The zero-order valence-corrected chi connectivity index (χ0v) is 12.2. The maximum absolute atomic E-state index is 12.3. The Morgan fingerprint density at radius 3 is 2.22 bits per heavy atom. The van der Waals surface area contributed by atoms with Crippen LogP contribution in [-0.2, 0) is 6.42 Å². The van der Waals surface area contributed by atoms with Gasteiger partial charge in [0.1, 0.15) is 12.1 Å². The van der Waals surface area contributed by atoms with E-state index in [1.54, 1.807) is 30.3 Å². The molecule has 0 atom stereocenters. The average molecular weight is 305 g/mol. The van der Waals surface area contributed by atoms with Crippen LogP contribution in [-0.4, -0.2) is 10.7 Å². The summed E-state index contributed by atoms with van der Waals surface area (Å²) in [6.07, 6.45) is -0.209. The van der Waals surface area contributed by atoms with E-state index in [0.29, 0.717) is 5.56 Å². The molecule has 2 aromatic rings. The van der Waals surface area contributed by atoms with E-state index < -0.39 is 4.92 Å². The molecule has 23 heavy (non-hydrogen) atoms. The molecule has 0 bridgehead atoms. The smallest absolute Gasteiger partial charge is 0.274 e. The molecule has 0 unspecified atom stereocenters. The van der Waals surface area contributed by atoms with Crippen LogP contribution in [0.25, 0.3) is 0 Å². The molecule has 6 nitrogen and oxygen atoms in total. The summed E-state index contributed by atoms with van der Waals surface area (Å²) >= 11 is 0. The first-order valence-electron chi connectivity index (χ1n) is 6.67. The first-order valence-corrected chi connectivity index (χ1v) is 6.67. The molecule has 0 aliphatic heterocycles. The summed E-state index contributed by atoms with van der Waals surface area (Å²) in [6, 6.07) is 12.7. The minimum absolute atomic E-state index is 0.0183. The Labute approximate surface area is 132 Å². The lowest BCUT2D eigenvalue weighted by Crippen LogP contribution is -2.07. The van der Waals surface area contributed by atoms with Gasteiger partial charge in [-0.15, -0.1) is 0 Å². The van der Waals surface area contributed by atoms with Crippen LogP contribution in [0.4, 0.5) is 5.69 Å². The fraction of sp³-hybridized carbons (Fsp3) is 0.118. The number of benzene rings is 2. The van der Waals surface area contributed by atoms with E-state index in [9.17, 15) is 14.9 Å². The molecule has 0 saturated heterocycles. The van der Waals surface area contributed by atoms with E-state index in [0.717, 1.165) is 11.6 Å². The molecule has 0 aromatic heterocycles. The lowest BCUT2D eigenvalue weighted by molar-refractivity contribution is -0.385. The van der Waals surface area contributed by atoms with Crippen molar-refractivity contribution >= 4 is 11.5 Å². The number of hydrogen-bond acceptors (Lipinski definition) is 5. The van der Waals surface area contributed by atoms with Crippen molar-refractivity contribution in [1.29, 1.82) is 10.5 Å². The number of aryl methyl sites for hydroxylation is 1. The van der Waals surface area contributed by atoms with Crippen LogP contribution in [0.2, 0.25) is 0 Å². The van der Waals surface area contributed by atoms with E-state index in [1.165, 1.54) is 6.07 Å².